The molecule has 0 fully saturated rings. The Morgan fingerprint density at radius 2 is 1.14 bits per heavy atom. The molecule has 3 rings (SSSR count). The molecular weight excluding hydrogens is 383 g/mol. The molecule has 0 amide bonds. The summed E-state index contributed by atoms with van der Waals surface area (Å²) in [6.07, 6.45) is -0.268. The van der Waals surface area contributed by atoms with Crippen molar-refractivity contribution in [2.75, 3.05) is 6.61 Å². The summed E-state index contributed by atoms with van der Waals surface area (Å²) in [6, 6.07) is 28.8. The standard InChI is InChI=1S/C24H23O4P/c1-2-28-23(25)18-22(24(26)27)29(19-12-6-3-7-13-19,20-14-8-4-9-15-20)21-16-10-5-11-17-21/h3-17H,2,18H2,1H3,(H,26,27). The van der Waals surface area contributed by atoms with Crippen LogP contribution < -0.4 is 15.9 Å². The maximum Gasteiger partial charge on any atom is 0.333 e. The lowest BCUT2D eigenvalue weighted by molar-refractivity contribution is -0.142. The van der Waals surface area contributed by atoms with Crippen molar-refractivity contribution in [3.05, 3.63) is 91.0 Å². The first-order valence-corrected chi connectivity index (χ1v) is 11.2. The molecule has 0 spiro atoms. The number of hydrogen-bond donors (Lipinski definition) is 1. The molecule has 0 aliphatic heterocycles. The first-order chi connectivity index (χ1) is 14.1. The molecule has 0 bridgehead atoms. The minimum absolute atomic E-state index is 0.166. The number of hydrogen-bond acceptors (Lipinski definition) is 3. The molecule has 4 nitrogen and oxygen atoms in total. The third kappa shape index (κ3) is 4.18. The number of benzene rings is 3. The smallest absolute Gasteiger partial charge is 0.333 e. The van der Waals surface area contributed by atoms with Crippen molar-refractivity contribution in [3.8, 4) is 0 Å². The van der Waals surface area contributed by atoms with Gasteiger partial charge >= 0.3 is 11.9 Å². The van der Waals surface area contributed by atoms with Gasteiger partial charge in [-0.15, -0.1) is 0 Å². The average Bonchev–Trinajstić information content (AvgIpc) is 2.76. The third-order valence-corrected chi connectivity index (χ3v) is 9.08. The second-order valence-electron chi connectivity index (χ2n) is 6.41. The predicted octanol–water partition coefficient (Wildman–Crippen LogP) is 3.19. The van der Waals surface area contributed by atoms with Crippen molar-refractivity contribution in [1.82, 2.24) is 0 Å². The summed E-state index contributed by atoms with van der Waals surface area (Å²) in [5.74, 6) is -1.61. The van der Waals surface area contributed by atoms with Gasteiger partial charge in [0, 0.05) is 0 Å². The molecule has 0 radical (unpaired) electrons. The molecule has 1 N–H and O–H groups in total. The molecule has 148 valence electrons. The van der Waals surface area contributed by atoms with Crippen LogP contribution in [0.4, 0.5) is 0 Å². The molecule has 0 saturated heterocycles. The van der Waals surface area contributed by atoms with Crippen LogP contribution in [0.3, 0.4) is 0 Å². The number of carboxylic acid groups (broad SMARTS) is 1. The molecule has 3 aromatic carbocycles. The SMILES string of the molecule is CCOC(=O)CC(C(=O)O)=P(c1ccccc1)(c1ccccc1)c1ccccc1. The van der Waals surface area contributed by atoms with Crippen molar-refractivity contribution < 1.29 is 19.4 Å². The van der Waals surface area contributed by atoms with Gasteiger partial charge in [0.25, 0.3) is 0 Å². The molecule has 0 aromatic heterocycles. The molecule has 0 saturated carbocycles. The van der Waals surface area contributed by atoms with Gasteiger partial charge in [0.15, 0.2) is 0 Å². The zero-order valence-corrected chi connectivity index (χ0v) is 17.1. The molecule has 5 heteroatoms. The summed E-state index contributed by atoms with van der Waals surface area (Å²) in [7, 11) is 0. The number of esters is 1. The summed E-state index contributed by atoms with van der Waals surface area (Å²) in [5, 5.41) is 13.1. The Morgan fingerprint density at radius 1 is 0.759 bits per heavy atom. The number of carbonyl (C=O) groups is 2. The van der Waals surface area contributed by atoms with Crippen LogP contribution in [0, 0.1) is 0 Å². The van der Waals surface area contributed by atoms with Gasteiger partial charge in [-0.1, -0.05) is 91.0 Å². The van der Waals surface area contributed by atoms with Gasteiger partial charge in [-0.25, -0.2) is 4.79 Å². The Hall–Kier alpha value is -3.10. The lowest BCUT2D eigenvalue weighted by atomic mass is 10.3. The van der Waals surface area contributed by atoms with Crippen LogP contribution in [0.5, 0.6) is 0 Å². The van der Waals surface area contributed by atoms with Gasteiger partial charge in [-0.3, -0.25) is 4.79 Å². The first-order valence-electron chi connectivity index (χ1n) is 9.42. The maximum atomic E-state index is 12.6. The topological polar surface area (TPSA) is 63.6 Å². The van der Waals surface area contributed by atoms with Crippen LogP contribution in [-0.4, -0.2) is 28.9 Å². The first kappa shape index (κ1) is 20.6. The number of ether oxygens (including phenoxy) is 1. The number of carboxylic acids is 1. The van der Waals surface area contributed by atoms with E-state index in [0.29, 0.717) is 0 Å². The normalized spacial score (nSPS) is 10.9. The predicted molar refractivity (Wildman–Crippen MR) is 119 cm³/mol. The molecular formula is C24H23O4P. The van der Waals surface area contributed by atoms with Crippen molar-refractivity contribution in [1.29, 1.82) is 0 Å². The Kier molecular flexibility index (Phi) is 6.69. The van der Waals surface area contributed by atoms with Crippen molar-refractivity contribution in [2.24, 2.45) is 0 Å². The van der Waals surface area contributed by atoms with E-state index in [0.717, 1.165) is 15.9 Å². The number of carbonyl (C=O) groups excluding carboxylic acids is 1. The van der Waals surface area contributed by atoms with E-state index in [4.69, 9.17) is 4.74 Å². The molecule has 0 unspecified atom stereocenters. The van der Waals surface area contributed by atoms with Gasteiger partial charge in [0.2, 0.25) is 0 Å². The van der Waals surface area contributed by atoms with E-state index in [2.05, 4.69) is 0 Å². The Morgan fingerprint density at radius 3 is 1.45 bits per heavy atom. The number of aliphatic carboxylic acids is 1. The van der Waals surface area contributed by atoms with E-state index < -0.39 is 18.8 Å². The highest BCUT2D eigenvalue weighted by Crippen LogP contribution is 2.47. The fraction of sp³-hybridized carbons (Fsp3) is 0.125. The highest BCUT2D eigenvalue weighted by molar-refractivity contribution is 7.96. The molecule has 0 aliphatic rings. The zero-order chi connectivity index (χ0) is 20.7. The Bertz CT molecular complexity index is 925. The summed E-state index contributed by atoms with van der Waals surface area (Å²) in [5.41, 5.74) is 0. The lowest BCUT2D eigenvalue weighted by Crippen LogP contribution is -2.34. The maximum absolute atomic E-state index is 12.6. The molecule has 3 aromatic rings. The fourth-order valence-electron chi connectivity index (χ4n) is 3.56. The van der Waals surface area contributed by atoms with Gasteiger partial charge in [-0.2, -0.15) is 0 Å². The lowest BCUT2D eigenvalue weighted by Gasteiger charge is -2.31. The fourth-order valence-corrected chi connectivity index (χ4v) is 7.90. The molecule has 29 heavy (non-hydrogen) atoms. The van der Waals surface area contributed by atoms with Crippen LogP contribution in [0.2, 0.25) is 0 Å². The second-order valence-corrected chi connectivity index (χ2v) is 9.84. The zero-order valence-electron chi connectivity index (χ0n) is 16.2. The van der Waals surface area contributed by atoms with Gasteiger partial charge < -0.3 is 9.84 Å². The van der Waals surface area contributed by atoms with E-state index in [9.17, 15) is 14.7 Å². The minimum Gasteiger partial charge on any atom is -0.478 e. The quantitative estimate of drug-likeness (QED) is 0.484. The molecule has 0 aliphatic carbocycles. The summed E-state index contributed by atoms with van der Waals surface area (Å²) in [4.78, 5) is 25.0. The van der Waals surface area contributed by atoms with Crippen LogP contribution in [0.25, 0.3) is 0 Å². The highest BCUT2D eigenvalue weighted by Gasteiger charge is 2.34. The summed E-state index contributed by atoms with van der Waals surface area (Å²) >= 11 is 0. The van der Waals surface area contributed by atoms with E-state index in [1.54, 1.807) is 6.92 Å². The highest BCUT2D eigenvalue weighted by atomic mass is 31.2. The van der Waals surface area contributed by atoms with Crippen molar-refractivity contribution in [2.45, 2.75) is 13.3 Å². The van der Waals surface area contributed by atoms with Gasteiger partial charge in [0.1, 0.15) is 0 Å². The Balaban J connectivity index is 2.51. The summed E-state index contributed by atoms with van der Waals surface area (Å²) < 4.78 is 5.12. The van der Waals surface area contributed by atoms with E-state index in [1.165, 1.54) is 0 Å². The van der Waals surface area contributed by atoms with Crippen molar-refractivity contribution in [3.63, 3.8) is 0 Å². The van der Waals surface area contributed by atoms with Crippen LogP contribution >= 0.6 is 6.89 Å². The van der Waals surface area contributed by atoms with Crippen molar-refractivity contribution >= 4 is 40.0 Å². The van der Waals surface area contributed by atoms with Crippen LogP contribution in [-0.2, 0) is 14.3 Å². The van der Waals surface area contributed by atoms with Crippen LogP contribution in [0.15, 0.2) is 91.0 Å². The molecule has 0 heterocycles. The van der Waals surface area contributed by atoms with E-state index in [1.807, 2.05) is 91.0 Å². The third-order valence-electron chi connectivity index (χ3n) is 4.70. The van der Waals surface area contributed by atoms with Crippen LogP contribution in [0.1, 0.15) is 13.3 Å². The second kappa shape index (κ2) is 9.40. The summed E-state index contributed by atoms with van der Waals surface area (Å²) in [6.45, 7) is -0.859. The largest absolute Gasteiger partial charge is 0.478 e. The van der Waals surface area contributed by atoms with Gasteiger partial charge in [0.05, 0.1) is 18.3 Å². The monoisotopic (exact) mass is 406 g/mol. The average molecular weight is 406 g/mol. The minimum atomic E-state index is -2.78. The van der Waals surface area contributed by atoms with E-state index in [-0.39, 0.29) is 18.3 Å². The van der Waals surface area contributed by atoms with Gasteiger partial charge in [-0.05, 0) is 29.7 Å². The molecule has 0 atom stereocenters. The Labute approximate surface area is 170 Å². The number of rotatable bonds is 7. The van der Waals surface area contributed by atoms with E-state index >= 15 is 0 Å².